The summed E-state index contributed by atoms with van der Waals surface area (Å²) in [5, 5.41) is 8.66. The minimum atomic E-state index is -5.07. The quantitative estimate of drug-likeness (QED) is 0.260. The van der Waals surface area contributed by atoms with Gasteiger partial charge in [-0.25, -0.2) is 13.8 Å². The third-order valence-corrected chi connectivity index (χ3v) is 6.55. The molecule has 0 radical (unpaired) electrons. The van der Waals surface area contributed by atoms with E-state index in [1.54, 1.807) is 18.3 Å². The minimum absolute atomic E-state index is 0.0244. The number of hydrogen-bond donors (Lipinski definition) is 4. The first-order valence-electron chi connectivity index (χ1n) is 12.7. The van der Waals surface area contributed by atoms with Crippen molar-refractivity contribution in [2.75, 3.05) is 30.7 Å². The Morgan fingerprint density at radius 1 is 1.20 bits per heavy atom. The number of rotatable bonds is 5. The SMILES string of the molecule is CCC1CCNCCNC(=O)c2c(nc(-c3cc(N)c(F)c(C)c3C(F)(F)F)c(F)c2NCc2cccnc2)O1. The van der Waals surface area contributed by atoms with Crippen LogP contribution in [-0.4, -0.2) is 41.6 Å². The van der Waals surface area contributed by atoms with E-state index in [9.17, 15) is 22.4 Å². The predicted octanol–water partition coefficient (Wildman–Crippen LogP) is 4.82. The van der Waals surface area contributed by atoms with Gasteiger partial charge in [0.25, 0.3) is 5.91 Å². The maximum absolute atomic E-state index is 16.3. The van der Waals surface area contributed by atoms with Crippen LogP contribution in [0, 0.1) is 18.6 Å². The maximum Gasteiger partial charge on any atom is 0.417 e. The third-order valence-electron chi connectivity index (χ3n) is 6.55. The number of nitrogens with zero attached hydrogens (tertiary/aromatic N) is 2. The molecule has 0 saturated carbocycles. The second-order valence-electron chi connectivity index (χ2n) is 9.31. The first kappa shape index (κ1) is 29.0. The van der Waals surface area contributed by atoms with Gasteiger partial charge in [-0.15, -0.1) is 0 Å². The molecule has 214 valence electrons. The van der Waals surface area contributed by atoms with E-state index in [1.807, 2.05) is 6.92 Å². The molecule has 3 aromatic rings. The number of hydrogen-bond acceptors (Lipinski definition) is 7. The minimum Gasteiger partial charge on any atom is -0.474 e. The Morgan fingerprint density at radius 2 is 1.98 bits per heavy atom. The normalized spacial score (nSPS) is 16.4. The number of pyridine rings is 2. The molecular weight excluding hydrogens is 535 g/mol. The number of benzene rings is 1. The average molecular weight is 565 g/mol. The molecule has 1 amide bonds. The average Bonchev–Trinajstić information content (AvgIpc) is 2.94. The van der Waals surface area contributed by atoms with Gasteiger partial charge in [0, 0.05) is 37.6 Å². The van der Waals surface area contributed by atoms with Gasteiger partial charge in [-0.05, 0) is 49.6 Å². The Balaban J connectivity index is 2.01. The summed E-state index contributed by atoms with van der Waals surface area (Å²) in [4.78, 5) is 21.4. The van der Waals surface area contributed by atoms with Crippen molar-refractivity contribution in [1.82, 2.24) is 20.6 Å². The van der Waals surface area contributed by atoms with Gasteiger partial charge in [-0.1, -0.05) is 13.0 Å². The number of amides is 1. The Hall–Kier alpha value is -4.00. The first-order chi connectivity index (χ1) is 19.0. The van der Waals surface area contributed by atoms with Crippen LogP contribution in [-0.2, 0) is 12.7 Å². The maximum atomic E-state index is 16.3. The molecule has 0 saturated heterocycles. The first-order valence-corrected chi connectivity index (χ1v) is 12.7. The van der Waals surface area contributed by atoms with E-state index >= 15 is 4.39 Å². The second-order valence-corrected chi connectivity index (χ2v) is 9.31. The molecule has 2 aromatic heterocycles. The number of aromatic nitrogens is 2. The second kappa shape index (κ2) is 12.0. The molecular formula is C27H29F5N6O2. The fourth-order valence-electron chi connectivity index (χ4n) is 4.49. The van der Waals surface area contributed by atoms with E-state index in [1.165, 1.54) is 6.20 Å². The lowest BCUT2D eigenvalue weighted by Gasteiger charge is -2.23. The number of nitrogens with two attached hydrogens (primary N) is 1. The summed E-state index contributed by atoms with van der Waals surface area (Å²) in [6.07, 6.45) is -1.54. The highest BCUT2D eigenvalue weighted by atomic mass is 19.4. The predicted molar refractivity (Wildman–Crippen MR) is 140 cm³/mol. The van der Waals surface area contributed by atoms with Crippen molar-refractivity contribution in [2.45, 2.75) is 45.5 Å². The zero-order valence-electron chi connectivity index (χ0n) is 21.9. The van der Waals surface area contributed by atoms with E-state index in [0.717, 1.165) is 6.92 Å². The molecule has 0 aliphatic carbocycles. The van der Waals surface area contributed by atoms with Crippen molar-refractivity contribution in [2.24, 2.45) is 0 Å². The monoisotopic (exact) mass is 564 g/mol. The summed E-state index contributed by atoms with van der Waals surface area (Å²) in [5.41, 5.74) is 1.16. The molecule has 40 heavy (non-hydrogen) atoms. The highest BCUT2D eigenvalue weighted by molar-refractivity contribution is 6.03. The molecule has 1 atom stereocenters. The third kappa shape index (κ3) is 6.09. The molecule has 0 spiro atoms. The van der Waals surface area contributed by atoms with Gasteiger partial charge in [0.15, 0.2) is 5.82 Å². The molecule has 1 aromatic carbocycles. The highest BCUT2D eigenvalue weighted by Gasteiger charge is 2.39. The van der Waals surface area contributed by atoms with E-state index in [4.69, 9.17) is 10.5 Å². The number of halogens is 5. The summed E-state index contributed by atoms with van der Waals surface area (Å²) in [6, 6.07) is 4.05. The molecule has 1 aliphatic rings. The summed E-state index contributed by atoms with van der Waals surface area (Å²) < 4.78 is 79.5. The summed E-state index contributed by atoms with van der Waals surface area (Å²) in [5.74, 6) is -3.61. The van der Waals surface area contributed by atoms with Crippen LogP contribution in [0.5, 0.6) is 5.88 Å². The summed E-state index contributed by atoms with van der Waals surface area (Å²) in [6.45, 7) is 3.90. The molecule has 4 rings (SSSR count). The Bertz CT molecular complexity index is 1380. The lowest BCUT2D eigenvalue weighted by atomic mass is 9.95. The van der Waals surface area contributed by atoms with Gasteiger partial charge in [-0.3, -0.25) is 9.78 Å². The fourth-order valence-corrected chi connectivity index (χ4v) is 4.49. The number of alkyl halides is 3. The van der Waals surface area contributed by atoms with Gasteiger partial charge >= 0.3 is 6.18 Å². The van der Waals surface area contributed by atoms with Crippen LogP contribution in [0.1, 0.15) is 46.8 Å². The van der Waals surface area contributed by atoms with Crippen molar-refractivity contribution < 1.29 is 31.5 Å². The lowest BCUT2D eigenvalue weighted by molar-refractivity contribution is -0.137. The number of nitrogens with one attached hydrogen (secondary N) is 3. The van der Waals surface area contributed by atoms with Gasteiger partial charge in [0.1, 0.15) is 23.2 Å². The Kier molecular flexibility index (Phi) is 8.72. The van der Waals surface area contributed by atoms with Crippen molar-refractivity contribution in [3.8, 4) is 17.1 Å². The Morgan fingerprint density at radius 3 is 2.65 bits per heavy atom. The van der Waals surface area contributed by atoms with Crippen LogP contribution in [0.4, 0.5) is 33.3 Å². The number of nitrogen functional groups attached to an aromatic ring is 1. The number of fused-ring (bicyclic) bond motifs is 1. The van der Waals surface area contributed by atoms with Gasteiger partial charge in [-0.2, -0.15) is 13.2 Å². The Labute approximate surface area is 227 Å². The fraction of sp³-hybridized carbons (Fsp3) is 0.370. The highest BCUT2D eigenvalue weighted by Crippen LogP contribution is 2.44. The van der Waals surface area contributed by atoms with Crippen LogP contribution in [0.3, 0.4) is 0 Å². The smallest absolute Gasteiger partial charge is 0.417 e. The van der Waals surface area contributed by atoms with Crippen molar-refractivity contribution in [3.05, 3.63) is 64.5 Å². The molecule has 5 N–H and O–H groups in total. The molecule has 8 nitrogen and oxygen atoms in total. The molecule has 1 unspecified atom stereocenters. The number of carbonyl (C=O) groups excluding carboxylic acids is 1. The zero-order valence-corrected chi connectivity index (χ0v) is 21.9. The number of carbonyl (C=O) groups is 1. The van der Waals surface area contributed by atoms with Gasteiger partial charge < -0.3 is 26.4 Å². The standard InChI is InChI=1S/C27H29F5N6O2/c1-3-16-6-8-34-9-10-36-25(39)19-24(37-13-15-5-4-7-35-12-15)22(29)23(38-26(19)40-16)17-11-18(33)21(28)14(2)20(17)27(30,31)32/h4-5,7,11-12,16,34H,3,6,8-10,13,33H2,1-2H3,(H,36,39)(H,37,38). The topological polar surface area (TPSA) is 114 Å². The van der Waals surface area contributed by atoms with Crippen LogP contribution >= 0.6 is 0 Å². The molecule has 13 heteroatoms. The van der Waals surface area contributed by atoms with Crippen molar-refractivity contribution in [1.29, 1.82) is 0 Å². The molecule has 3 heterocycles. The zero-order chi connectivity index (χ0) is 29.0. The van der Waals surface area contributed by atoms with E-state index in [2.05, 4.69) is 25.9 Å². The van der Waals surface area contributed by atoms with Gasteiger partial charge in [0.2, 0.25) is 5.88 Å². The van der Waals surface area contributed by atoms with Crippen LogP contribution in [0.15, 0.2) is 30.6 Å². The van der Waals surface area contributed by atoms with Crippen LogP contribution < -0.4 is 26.4 Å². The van der Waals surface area contributed by atoms with Crippen molar-refractivity contribution >= 4 is 17.3 Å². The summed E-state index contributed by atoms with van der Waals surface area (Å²) in [7, 11) is 0. The number of anilines is 2. The number of ether oxygens (including phenoxy) is 1. The molecule has 1 aliphatic heterocycles. The van der Waals surface area contributed by atoms with Gasteiger partial charge in [0.05, 0.1) is 16.9 Å². The van der Waals surface area contributed by atoms with Crippen LogP contribution in [0.2, 0.25) is 0 Å². The summed E-state index contributed by atoms with van der Waals surface area (Å²) >= 11 is 0. The van der Waals surface area contributed by atoms with E-state index < -0.39 is 63.6 Å². The molecule has 0 bridgehead atoms. The van der Waals surface area contributed by atoms with E-state index in [0.29, 0.717) is 37.6 Å². The largest absolute Gasteiger partial charge is 0.474 e. The lowest BCUT2D eigenvalue weighted by Crippen LogP contribution is -2.32. The molecule has 0 fully saturated rings. The van der Waals surface area contributed by atoms with Crippen molar-refractivity contribution in [3.63, 3.8) is 0 Å². The van der Waals surface area contributed by atoms with Crippen LogP contribution in [0.25, 0.3) is 11.3 Å². The van der Waals surface area contributed by atoms with E-state index in [-0.39, 0.29) is 24.5 Å².